The summed E-state index contributed by atoms with van der Waals surface area (Å²) < 4.78 is 1.15. The number of rotatable bonds is 3. The van der Waals surface area contributed by atoms with E-state index >= 15 is 0 Å². The first-order valence-corrected chi connectivity index (χ1v) is 8.81. The van der Waals surface area contributed by atoms with Crippen molar-refractivity contribution in [3.63, 3.8) is 0 Å². The summed E-state index contributed by atoms with van der Waals surface area (Å²) in [6.07, 6.45) is 1.20. The number of hydrogen-bond donors (Lipinski definition) is 1. The summed E-state index contributed by atoms with van der Waals surface area (Å²) in [6.45, 7) is 6.63. The summed E-state index contributed by atoms with van der Waals surface area (Å²) in [6, 6.07) is 17.9. The van der Waals surface area contributed by atoms with Gasteiger partial charge in [0.1, 0.15) is 0 Å². The van der Waals surface area contributed by atoms with Crippen molar-refractivity contribution in [1.82, 2.24) is 10.2 Å². The monoisotopic (exact) mass is 358 g/mol. The van der Waals surface area contributed by atoms with Crippen molar-refractivity contribution in [2.24, 2.45) is 0 Å². The van der Waals surface area contributed by atoms with E-state index in [1.807, 2.05) is 0 Å². The van der Waals surface area contributed by atoms with E-state index in [9.17, 15) is 0 Å². The van der Waals surface area contributed by atoms with Crippen LogP contribution in [0, 0.1) is 6.92 Å². The lowest BCUT2D eigenvalue weighted by Gasteiger charge is -2.32. The number of halogens is 1. The van der Waals surface area contributed by atoms with E-state index in [1.54, 1.807) is 0 Å². The summed E-state index contributed by atoms with van der Waals surface area (Å²) in [5, 5.41) is 3.51. The van der Waals surface area contributed by atoms with Crippen molar-refractivity contribution >= 4 is 15.9 Å². The molecule has 0 saturated carbocycles. The van der Waals surface area contributed by atoms with E-state index in [0.717, 1.165) is 30.7 Å². The van der Waals surface area contributed by atoms with Gasteiger partial charge in [0.25, 0.3) is 0 Å². The normalized spacial score (nSPS) is 17.9. The zero-order valence-corrected chi connectivity index (χ0v) is 14.6. The molecule has 116 valence electrons. The fourth-order valence-electron chi connectivity index (χ4n) is 3.28. The Bertz CT molecular complexity index is 618. The zero-order chi connectivity index (χ0) is 15.4. The fourth-order valence-corrected chi connectivity index (χ4v) is 3.70. The molecule has 3 heteroatoms. The van der Waals surface area contributed by atoms with Gasteiger partial charge < -0.3 is 5.32 Å². The van der Waals surface area contributed by atoms with Crippen LogP contribution in [-0.4, -0.2) is 31.1 Å². The third kappa shape index (κ3) is 3.60. The van der Waals surface area contributed by atoms with E-state index in [0.29, 0.717) is 6.04 Å². The Balaban J connectivity index is 2.03. The van der Waals surface area contributed by atoms with Crippen LogP contribution < -0.4 is 5.32 Å². The molecule has 1 heterocycles. The minimum atomic E-state index is 0.332. The predicted molar refractivity (Wildman–Crippen MR) is 96.2 cm³/mol. The Kier molecular flexibility index (Phi) is 5.29. The summed E-state index contributed by atoms with van der Waals surface area (Å²) in [5.41, 5.74) is 4.15. The summed E-state index contributed by atoms with van der Waals surface area (Å²) >= 11 is 3.63. The van der Waals surface area contributed by atoms with Gasteiger partial charge in [0, 0.05) is 24.1 Å². The molecule has 2 aromatic rings. The molecule has 1 atom stereocenters. The predicted octanol–water partition coefficient (Wildman–Crippen LogP) is 4.14. The van der Waals surface area contributed by atoms with Gasteiger partial charge in [-0.2, -0.15) is 0 Å². The molecule has 0 bridgehead atoms. The van der Waals surface area contributed by atoms with Crippen molar-refractivity contribution in [1.29, 1.82) is 0 Å². The molecule has 1 aliphatic rings. The molecule has 1 aliphatic heterocycles. The molecule has 0 aromatic heterocycles. The van der Waals surface area contributed by atoms with Gasteiger partial charge >= 0.3 is 0 Å². The summed E-state index contributed by atoms with van der Waals surface area (Å²) in [7, 11) is 0. The third-order valence-corrected chi connectivity index (χ3v) is 4.88. The number of aryl methyl sites for hydroxylation is 1. The molecule has 1 N–H and O–H groups in total. The highest BCUT2D eigenvalue weighted by Gasteiger charge is 2.24. The minimum absolute atomic E-state index is 0.332. The smallest absolute Gasteiger partial charge is 0.0605 e. The molecule has 0 spiro atoms. The van der Waals surface area contributed by atoms with E-state index in [2.05, 4.69) is 81.6 Å². The van der Waals surface area contributed by atoms with Gasteiger partial charge in [-0.1, -0.05) is 52.3 Å². The maximum atomic E-state index is 3.63. The lowest BCUT2D eigenvalue weighted by Crippen LogP contribution is -2.33. The highest BCUT2D eigenvalue weighted by atomic mass is 79.9. The second-order valence-corrected chi connectivity index (χ2v) is 6.87. The van der Waals surface area contributed by atoms with Crippen LogP contribution >= 0.6 is 15.9 Å². The van der Waals surface area contributed by atoms with Crippen LogP contribution in [0.25, 0.3) is 0 Å². The van der Waals surface area contributed by atoms with Gasteiger partial charge in [-0.15, -0.1) is 0 Å². The van der Waals surface area contributed by atoms with Gasteiger partial charge in [0.05, 0.1) is 6.04 Å². The summed E-state index contributed by atoms with van der Waals surface area (Å²) in [5.74, 6) is 0. The van der Waals surface area contributed by atoms with Crippen molar-refractivity contribution < 1.29 is 0 Å². The average Bonchev–Trinajstić information content (AvgIpc) is 2.79. The number of hydrogen-bond acceptors (Lipinski definition) is 2. The Morgan fingerprint density at radius 3 is 2.73 bits per heavy atom. The van der Waals surface area contributed by atoms with Crippen molar-refractivity contribution in [2.45, 2.75) is 19.4 Å². The lowest BCUT2D eigenvalue weighted by molar-refractivity contribution is 0.240. The van der Waals surface area contributed by atoms with Crippen LogP contribution in [-0.2, 0) is 0 Å². The standard InChI is InChI=1S/C19H23BrN2/c1-15-6-2-3-9-18(15)19(16-7-4-8-17(20)14-16)22-12-5-10-21-11-13-22/h2-4,6-9,14,19,21H,5,10-13H2,1H3. The second kappa shape index (κ2) is 7.40. The molecule has 22 heavy (non-hydrogen) atoms. The highest BCUT2D eigenvalue weighted by molar-refractivity contribution is 9.10. The largest absolute Gasteiger partial charge is 0.315 e. The van der Waals surface area contributed by atoms with Crippen molar-refractivity contribution in [2.75, 3.05) is 26.2 Å². The maximum absolute atomic E-state index is 3.63. The quantitative estimate of drug-likeness (QED) is 0.886. The molecule has 3 rings (SSSR count). The molecule has 0 radical (unpaired) electrons. The highest BCUT2D eigenvalue weighted by Crippen LogP contribution is 2.32. The molecule has 1 saturated heterocycles. The number of nitrogens with zero attached hydrogens (tertiary/aromatic N) is 1. The van der Waals surface area contributed by atoms with Gasteiger partial charge in [0.2, 0.25) is 0 Å². The minimum Gasteiger partial charge on any atom is -0.315 e. The van der Waals surface area contributed by atoms with Crippen LogP contribution in [0.3, 0.4) is 0 Å². The van der Waals surface area contributed by atoms with Gasteiger partial charge in [-0.25, -0.2) is 0 Å². The summed E-state index contributed by atoms with van der Waals surface area (Å²) in [4.78, 5) is 2.62. The molecular weight excluding hydrogens is 336 g/mol. The molecule has 2 nitrogen and oxygen atoms in total. The molecule has 2 aromatic carbocycles. The Labute approximate surface area is 141 Å². The Morgan fingerprint density at radius 1 is 1.05 bits per heavy atom. The van der Waals surface area contributed by atoms with E-state index < -0.39 is 0 Å². The van der Waals surface area contributed by atoms with Gasteiger partial charge in [0.15, 0.2) is 0 Å². The van der Waals surface area contributed by atoms with E-state index in [1.165, 1.54) is 23.1 Å². The van der Waals surface area contributed by atoms with Crippen LogP contribution in [0.2, 0.25) is 0 Å². The zero-order valence-electron chi connectivity index (χ0n) is 13.1. The number of benzene rings is 2. The van der Waals surface area contributed by atoms with Gasteiger partial charge in [-0.3, -0.25) is 4.90 Å². The van der Waals surface area contributed by atoms with E-state index in [-0.39, 0.29) is 0 Å². The first-order valence-electron chi connectivity index (χ1n) is 8.01. The SMILES string of the molecule is Cc1ccccc1C(c1cccc(Br)c1)N1CCCNCC1. The maximum Gasteiger partial charge on any atom is 0.0605 e. The lowest BCUT2D eigenvalue weighted by atomic mass is 9.93. The molecule has 0 aliphatic carbocycles. The topological polar surface area (TPSA) is 15.3 Å². The third-order valence-electron chi connectivity index (χ3n) is 4.39. The van der Waals surface area contributed by atoms with Crippen LogP contribution in [0.5, 0.6) is 0 Å². The van der Waals surface area contributed by atoms with Crippen molar-refractivity contribution in [3.8, 4) is 0 Å². The van der Waals surface area contributed by atoms with Crippen molar-refractivity contribution in [3.05, 3.63) is 69.7 Å². The van der Waals surface area contributed by atoms with Gasteiger partial charge in [-0.05, 0) is 48.7 Å². The van der Waals surface area contributed by atoms with Crippen LogP contribution in [0.1, 0.15) is 29.2 Å². The Hall–Kier alpha value is -1.16. The van der Waals surface area contributed by atoms with Crippen LogP contribution in [0.15, 0.2) is 53.0 Å². The number of nitrogens with one attached hydrogen (secondary N) is 1. The van der Waals surface area contributed by atoms with E-state index in [4.69, 9.17) is 0 Å². The second-order valence-electron chi connectivity index (χ2n) is 5.95. The Morgan fingerprint density at radius 2 is 1.91 bits per heavy atom. The van der Waals surface area contributed by atoms with Crippen LogP contribution in [0.4, 0.5) is 0 Å². The first-order chi connectivity index (χ1) is 10.8. The first kappa shape index (κ1) is 15.7. The molecule has 1 unspecified atom stereocenters. The fraction of sp³-hybridized carbons (Fsp3) is 0.368. The molecule has 1 fully saturated rings. The average molecular weight is 359 g/mol. The molecular formula is C19H23BrN2. The molecule has 0 amide bonds.